The molecule has 4 atom stereocenters. The second kappa shape index (κ2) is 6.25. The third-order valence-electron chi connectivity index (χ3n) is 4.96. The summed E-state index contributed by atoms with van der Waals surface area (Å²) in [5, 5.41) is 3.55. The van der Waals surface area contributed by atoms with Crippen LogP contribution in [-0.2, 0) is 4.79 Å². The van der Waals surface area contributed by atoms with Crippen LogP contribution in [-0.4, -0.2) is 29.1 Å². The van der Waals surface area contributed by atoms with Gasteiger partial charge in [-0.25, -0.2) is 0 Å². The molecule has 2 fully saturated rings. The first-order valence-electron chi connectivity index (χ1n) is 8.14. The van der Waals surface area contributed by atoms with Crippen molar-refractivity contribution in [2.75, 3.05) is 0 Å². The molecule has 1 aliphatic carbocycles. The number of nitrogens with zero attached hydrogens (tertiary/aromatic N) is 1. The standard InChI is InChI=1S/C16H30N2O/c1-5-14-17-15(11(2)3)16(19)18(14)13-10-8-6-7-9-12(13)4/h11-15,17H,5-10H2,1-4H3. The molecule has 2 aliphatic rings. The van der Waals surface area contributed by atoms with Crippen LogP contribution >= 0.6 is 0 Å². The monoisotopic (exact) mass is 266 g/mol. The molecule has 1 amide bonds. The molecule has 1 aliphatic heterocycles. The van der Waals surface area contributed by atoms with Crippen molar-refractivity contribution in [2.24, 2.45) is 11.8 Å². The van der Waals surface area contributed by atoms with E-state index in [4.69, 9.17) is 0 Å². The third-order valence-corrected chi connectivity index (χ3v) is 4.96. The van der Waals surface area contributed by atoms with Crippen molar-refractivity contribution in [1.29, 1.82) is 0 Å². The number of amides is 1. The first-order valence-corrected chi connectivity index (χ1v) is 8.14. The number of nitrogens with one attached hydrogen (secondary N) is 1. The van der Waals surface area contributed by atoms with Gasteiger partial charge in [-0.05, 0) is 31.1 Å². The van der Waals surface area contributed by atoms with Gasteiger partial charge < -0.3 is 4.90 Å². The van der Waals surface area contributed by atoms with Crippen molar-refractivity contribution in [3.8, 4) is 0 Å². The molecule has 19 heavy (non-hydrogen) atoms. The summed E-state index contributed by atoms with van der Waals surface area (Å²) < 4.78 is 0. The quantitative estimate of drug-likeness (QED) is 0.796. The lowest BCUT2D eigenvalue weighted by atomic mass is 9.94. The molecule has 0 radical (unpaired) electrons. The highest BCUT2D eigenvalue weighted by molar-refractivity contribution is 5.85. The fourth-order valence-corrected chi connectivity index (χ4v) is 3.75. The molecule has 0 aromatic rings. The SMILES string of the molecule is CCC1NC(C(C)C)C(=O)N1C1CCCCCC1C. The van der Waals surface area contributed by atoms with E-state index in [1.807, 2.05) is 0 Å². The molecule has 1 saturated carbocycles. The van der Waals surface area contributed by atoms with Gasteiger partial charge in [-0.1, -0.05) is 47.0 Å². The average molecular weight is 266 g/mol. The van der Waals surface area contributed by atoms with E-state index in [-0.39, 0.29) is 12.2 Å². The Morgan fingerprint density at radius 1 is 1.26 bits per heavy atom. The molecule has 0 aromatic carbocycles. The van der Waals surface area contributed by atoms with Crippen LogP contribution in [0.3, 0.4) is 0 Å². The lowest BCUT2D eigenvalue weighted by molar-refractivity contribution is -0.134. The summed E-state index contributed by atoms with van der Waals surface area (Å²) in [5.41, 5.74) is 0. The normalized spacial score (nSPS) is 36.9. The van der Waals surface area contributed by atoms with E-state index in [1.54, 1.807) is 0 Å². The van der Waals surface area contributed by atoms with Gasteiger partial charge in [0.1, 0.15) is 0 Å². The topological polar surface area (TPSA) is 32.3 Å². The minimum atomic E-state index is 0.0282. The number of carbonyl (C=O) groups excluding carboxylic acids is 1. The lowest BCUT2D eigenvalue weighted by Gasteiger charge is -2.35. The minimum absolute atomic E-state index is 0.0282. The van der Waals surface area contributed by atoms with Gasteiger partial charge in [-0.3, -0.25) is 10.1 Å². The molecular formula is C16H30N2O. The van der Waals surface area contributed by atoms with Crippen molar-refractivity contribution in [3.05, 3.63) is 0 Å². The maximum Gasteiger partial charge on any atom is 0.241 e. The molecule has 1 saturated heterocycles. The fourth-order valence-electron chi connectivity index (χ4n) is 3.75. The van der Waals surface area contributed by atoms with Gasteiger partial charge in [0, 0.05) is 6.04 Å². The molecule has 2 rings (SSSR count). The van der Waals surface area contributed by atoms with Crippen LogP contribution in [0, 0.1) is 11.8 Å². The van der Waals surface area contributed by atoms with Crippen molar-refractivity contribution in [1.82, 2.24) is 10.2 Å². The zero-order chi connectivity index (χ0) is 14.0. The van der Waals surface area contributed by atoms with E-state index in [0.717, 1.165) is 6.42 Å². The molecule has 3 heteroatoms. The van der Waals surface area contributed by atoms with Gasteiger partial charge in [-0.15, -0.1) is 0 Å². The second-order valence-corrected chi connectivity index (χ2v) is 6.74. The molecule has 4 unspecified atom stereocenters. The molecule has 1 N–H and O–H groups in total. The lowest BCUT2D eigenvalue weighted by Crippen LogP contribution is -2.47. The third kappa shape index (κ3) is 2.96. The highest BCUT2D eigenvalue weighted by Gasteiger charge is 2.44. The van der Waals surface area contributed by atoms with E-state index < -0.39 is 0 Å². The van der Waals surface area contributed by atoms with Gasteiger partial charge in [0.2, 0.25) is 5.91 Å². The second-order valence-electron chi connectivity index (χ2n) is 6.74. The van der Waals surface area contributed by atoms with Crippen LogP contribution in [0.15, 0.2) is 0 Å². The zero-order valence-corrected chi connectivity index (χ0v) is 13.0. The first-order chi connectivity index (χ1) is 9.06. The van der Waals surface area contributed by atoms with Gasteiger partial charge in [0.25, 0.3) is 0 Å². The fraction of sp³-hybridized carbons (Fsp3) is 0.938. The Labute approximate surface area is 118 Å². The van der Waals surface area contributed by atoms with E-state index in [1.165, 1.54) is 32.1 Å². The number of carbonyl (C=O) groups is 1. The maximum atomic E-state index is 12.7. The highest BCUT2D eigenvalue weighted by Crippen LogP contribution is 2.32. The van der Waals surface area contributed by atoms with Gasteiger partial charge in [0.15, 0.2) is 0 Å². The van der Waals surface area contributed by atoms with Crippen LogP contribution in [0.25, 0.3) is 0 Å². The molecule has 110 valence electrons. The number of hydrogen-bond donors (Lipinski definition) is 1. The minimum Gasteiger partial charge on any atom is -0.323 e. The van der Waals surface area contributed by atoms with Crippen molar-refractivity contribution >= 4 is 5.91 Å². The molecule has 0 bridgehead atoms. The molecule has 0 spiro atoms. The van der Waals surface area contributed by atoms with Crippen LogP contribution in [0.2, 0.25) is 0 Å². The molecule has 3 nitrogen and oxygen atoms in total. The van der Waals surface area contributed by atoms with Crippen LogP contribution in [0.5, 0.6) is 0 Å². The first kappa shape index (κ1) is 14.8. The van der Waals surface area contributed by atoms with Gasteiger partial charge >= 0.3 is 0 Å². The Kier molecular flexibility index (Phi) is 4.88. The van der Waals surface area contributed by atoms with E-state index in [9.17, 15) is 4.79 Å². The summed E-state index contributed by atoms with van der Waals surface area (Å²) in [4.78, 5) is 14.9. The van der Waals surface area contributed by atoms with E-state index in [0.29, 0.717) is 23.8 Å². The van der Waals surface area contributed by atoms with Crippen LogP contribution in [0.1, 0.15) is 66.2 Å². The Hall–Kier alpha value is -0.570. The Morgan fingerprint density at radius 2 is 1.95 bits per heavy atom. The Morgan fingerprint density at radius 3 is 2.58 bits per heavy atom. The largest absolute Gasteiger partial charge is 0.323 e. The van der Waals surface area contributed by atoms with Gasteiger partial charge in [-0.2, -0.15) is 0 Å². The molecule has 0 aromatic heterocycles. The summed E-state index contributed by atoms with van der Waals surface area (Å²) >= 11 is 0. The average Bonchev–Trinajstić information content (AvgIpc) is 2.56. The van der Waals surface area contributed by atoms with Crippen LogP contribution < -0.4 is 5.32 Å². The number of rotatable bonds is 3. The predicted molar refractivity (Wildman–Crippen MR) is 78.7 cm³/mol. The van der Waals surface area contributed by atoms with Crippen molar-refractivity contribution in [3.63, 3.8) is 0 Å². The van der Waals surface area contributed by atoms with Crippen molar-refractivity contribution < 1.29 is 4.79 Å². The highest BCUT2D eigenvalue weighted by atomic mass is 16.2. The van der Waals surface area contributed by atoms with Crippen molar-refractivity contribution in [2.45, 2.75) is 84.5 Å². The summed E-state index contributed by atoms with van der Waals surface area (Å²) in [6.45, 7) is 8.80. The maximum absolute atomic E-state index is 12.7. The zero-order valence-electron chi connectivity index (χ0n) is 13.0. The summed E-state index contributed by atoms with van der Waals surface area (Å²) in [7, 11) is 0. The van der Waals surface area contributed by atoms with Gasteiger partial charge in [0.05, 0.1) is 12.2 Å². The molecule has 1 heterocycles. The Bertz CT molecular complexity index is 316. The number of hydrogen-bond acceptors (Lipinski definition) is 2. The predicted octanol–water partition coefficient (Wildman–Crippen LogP) is 3.15. The van der Waals surface area contributed by atoms with E-state index in [2.05, 4.69) is 37.9 Å². The summed E-state index contributed by atoms with van der Waals surface area (Å²) in [6.07, 6.45) is 7.68. The summed E-state index contributed by atoms with van der Waals surface area (Å²) in [6, 6.07) is 0.483. The van der Waals surface area contributed by atoms with E-state index >= 15 is 0 Å². The smallest absolute Gasteiger partial charge is 0.241 e. The van der Waals surface area contributed by atoms with Crippen LogP contribution in [0.4, 0.5) is 0 Å². The molecular weight excluding hydrogens is 236 g/mol. The Balaban J connectivity index is 2.17. The summed E-state index contributed by atoms with van der Waals surface area (Å²) in [5.74, 6) is 1.38.